The SMILES string of the molecule is CN1CCCC(c2cccc3c2CN(C2CCC(=O)NC2=O)C3=O)C1. The first-order chi connectivity index (χ1) is 12.0. The number of carbonyl (C=O) groups excluding carboxylic acids is 3. The molecule has 1 aromatic rings. The molecular weight excluding hydrogens is 318 g/mol. The number of likely N-dealkylation sites (N-methyl/N-ethyl adjacent to an activating group) is 1. The fourth-order valence-electron chi connectivity index (χ4n) is 4.41. The summed E-state index contributed by atoms with van der Waals surface area (Å²) in [6.07, 6.45) is 2.99. The maximum atomic E-state index is 12.9. The molecule has 0 saturated carbocycles. The van der Waals surface area contributed by atoms with E-state index in [1.165, 1.54) is 5.56 Å². The standard InChI is InChI=1S/C19H23N3O3/c1-21-9-3-4-12(10-21)13-5-2-6-14-15(13)11-22(19(14)25)16-7-8-17(23)20-18(16)24/h2,5-6,12,16H,3-4,7-11H2,1H3,(H,20,23,24). The van der Waals surface area contributed by atoms with E-state index < -0.39 is 6.04 Å². The van der Waals surface area contributed by atoms with E-state index >= 15 is 0 Å². The molecule has 0 aliphatic carbocycles. The molecule has 3 aliphatic heterocycles. The Morgan fingerprint density at radius 3 is 2.76 bits per heavy atom. The zero-order valence-corrected chi connectivity index (χ0v) is 14.5. The summed E-state index contributed by atoms with van der Waals surface area (Å²) >= 11 is 0. The third-order valence-electron chi connectivity index (χ3n) is 5.68. The molecule has 132 valence electrons. The molecule has 0 spiro atoms. The van der Waals surface area contributed by atoms with E-state index in [1.807, 2.05) is 12.1 Å². The number of amides is 3. The van der Waals surface area contributed by atoms with Gasteiger partial charge in [-0.05, 0) is 56.0 Å². The minimum absolute atomic E-state index is 0.0875. The summed E-state index contributed by atoms with van der Waals surface area (Å²) in [5.41, 5.74) is 3.03. The summed E-state index contributed by atoms with van der Waals surface area (Å²) in [5.74, 6) is -0.258. The van der Waals surface area contributed by atoms with Crippen molar-refractivity contribution in [3.8, 4) is 0 Å². The van der Waals surface area contributed by atoms with Crippen LogP contribution in [0.5, 0.6) is 0 Å². The first kappa shape index (κ1) is 16.3. The Hall–Kier alpha value is -2.21. The Morgan fingerprint density at radius 1 is 1.16 bits per heavy atom. The molecule has 2 atom stereocenters. The zero-order valence-electron chi connectivity index (χ0n) is 14.5. The Bertz CT molecular complexity index is 745. The van der Waals surface area contributed by atoms with Crippen LogP contribution in [0.3, 0.4) is 0 Å². The lowest BCUT2D eigenvalue weighted by atomic mass is 9.86. The predicted octanol–water partition coefficient (Wildman–Crippen LogP) is 1.26. The van der Waals surface area contributed by atoms with Gasteiger partial charge in [0.05, 0.1) is 0 Å². The number of benzene rings is 1. The lowest BCUT2D eigenvalue weighted by Gasteiger charge is -2.31. The second-order valence-corrected chi connectivity index (χ2v) is 7.37. The highest BCUT2D eigenvalue weighted by Gasteiger charge is 2.40. The molecule has 1 N–H and O–H groups in total. The van der Waals surface area contributed by atoms with E-state index in [2.05, 4.69) is 23.3 Å². The molecule has 0 aromatic heterocycles. The van der Waals surface area contributed by atoms with Crippen molar-refractivity contribution in [2.75, 3.05) is 20.1 Å². The van der Waals surface area contributed by atoms with E-state index in [4.69, 9.17) is 0 Å². The number of hydrogen-bond donors (Lipinski definition) is 1. The van der Waals surface area contributed by atoms with Crippen LogP contribution < -0.4 is 5.32 Å². The first-order valence-electron chi connectivity index (χ1n) is 8.99. The van der Waals surface area contributed by atoms with Crippen molar-refractivity contribution in [3.05, 3.63) is 34.9 Å². The average molecular weight is 341 g/mol. The van der Waals surface area contributed by atoms with Gasteiger partial charge in [0.15, 0.2) is 0 Å². The van der Waals surface area contributed by atoms with Crippen LogP contribution in [-0.2, 0) is 16.1 Å². The highest BCUT2D eigenvalue weighted by atomic mass is 16.2. The molecule has 0 radical (unpaired) electrons. The molecule has 3 aliphatic rings. The Morgan fingerprint density at radius 2 is 2.00 bits per heavy atom. The van der Waals surface area contributed by atoms with Crippen LogP contribution in [0.15, 0.2) is 18.2 Å². The maximum absolute atomic E-state index is 12.9. The van der Waals surface area contributed by atoms with E-state index in [0.29, 0.717) is 18.9 Å². The number of likely N-dealkylation sites (tertiary alicyclic amines) is 1. The van der Waals surface area contributed by atoms with Crippen LogP contribution in [0.2, 0.25) is 0 Å². The lowest BCUT2D eigenvalue weighted by Crippen LogP contribution is -2.52. The van der Waals surface area contributed by atoms with Gasteiger partial charge in [-0.2, -0.15) is 0 Å². The third kappa shape index (κ3) is 2.84. The summed E-state index contributed by atoms with van der Waals surface area (Å²) in [7, 11) is 2.14. The van der Waals surface area contributed by atoms with Crippen LogP contribution in [0.25, 0.3) is 0 Å². The van der Waals surface area contributed by atoms with Crippen molar-refractivity contribution in [1.82, 2.24) is 15.1 Å². The van der Waals surface area contributed by atoms with Crippen molar-refractivity contribution in [3.63, 3.8) is 0 Å². The van der Waals surface area contributed by atoms with Gasteiger partial charge in [-0.1, -0.05) is 12.1 Å². The van der Waals surface area contributed by atoms with Crippen molar-refractivity contribution in [2.24, 2.45) is 0 Å². The quantitative estimate of drug-likeness (QED) is 0.822. The van der Waals surface area contributed by atoms with Crippen molar-refractivity contribution >= 4 is 17.7 Å². The van der Waals surface area contributed by atoms with Gasteiger partial charge in [-0.25, -0.2) is 0 Å². The summed E-state index contributed by atoms with van der Waals surface area (Å²) in [5, 5.41) is 2.36. The Balaban J connectivity index is 1.62. The number of nitrogens with zero attached hydrogens (tertiary/aromatic N) is 2. The summed E-state index contributed by atoms with van der Waals surface area (Å²) in [6.45, 7) is 2.59. The summed E-state index contributed by atoms with van der Waals surface area (Å²) in [6, 6.07) is 5.40. The molecule has 2 unspecified atom stereocenters. The van der Waals surface area contributed by atoms with Gasteiger partial charge in [0.2, 0.25) is 11.8 Å². The Kier molecular flexibility index (Phi) is 4.07. The third-order valence-corrected chi connectivity index (χ3v) is 5.68. The number of imide groups is 1. The fourth-order valence-corrected chi connectivity index (χ4v) is 4.41. The van der Waals surface area contributed by atoms with Gasteiger partial charge in [0.25, 0.3) is 5.91 Å². The highest BCUT2D eigenvalue weighted by molar-refractivity contribution is 6.05. The second-order valence-electron chi connectivity index (χ2n) is 7.37. The molecule has 0 bridgehead atoms. The van der Waals surface area contributed by atoms with Gasteiger partial charge in [-0.15, -0.1) is 0 Å². The molecule has 3 heterocycles. The molecule has 4 rings (SSSR count). The van der Waals surface area contributed by atoms with Crippen LogP contribution in [-0.4, -0.2) is 53.7 Å². The van der Waals surface area contributed by atoms with Crippen LogP contribution in [0.1, 0.15) is 53.1 Å². The van der Waals surface area contributed by atoms with Crippen molar-refractivity contribution in [1.29, 1.82) is 0 Å². The topological polar surface area (TPSA) is 69.7 Å². The zero-order chi connectivity index (χ0) is 17.6. The van der Waals surface area contributed by atoms with E-state index in [9.17, 15) is 14.4 Å². The largest absolute Gasteiger partial charge is 0.322 e. The van der Waals surface area contributed by atoms with Crippen LogP contribution in [0, 0.1) is 0 Å². The number of piperidine rings is 2. The molecule has 2 saturated heterocycles. The summed E-state index contributed by atoms with van der Waals surface area (Å²) in [4.78, 5) is 40.4. The van der Waals surface area contributed by atoms with Crippen LogP contribution in [0.4, 0.5) is 0 Å². The Labute approximate surface area is 147 Å². The number of fused-ring (bicyclic) bond motifs is 1. The van der Waals surface area contributed by atoms with Gasteiger partial charge < -0.3 is 9.80 Å². The summed E-state index contributed by atoms with van der Waals surface area (Å²) < 4.78 is 0. The minimum atomic E-state index is -0.542. The molecule has 25 heavy (non-hydrogen) atoms. The smallest absolute Gasteiger partial charge is 0.255 e. The number of nitrogens with one attached hydrogen (secondary N) is 1. The highest BCUT2D eigenvalue weighted by Crippen LogP contribution is 2.36. The van der Waals surface area contributed by atoms with E-state index in [1.54, 1.807) is 4.90 Å². The van der Waals surface area contributed by atoms with Gasteiger partial charge in [0.1, 0.15) is 6.04 Å². The molecule has 6 nitrogen and oxygen atoms in total. The number of rotatable bonds is 2. The number of hydrogen-bond acceptors (Lipinski definition) is 4. The fraction of sp³-hybridized carbons (Fsp3) is 0.526. The predicted molar refractivity (Wildman–Crippen MR) is 92.0 cm³/mol. The van der Waals surface area contributed by atoms with E-state index in [-0.39, 0.29) is 24.1 Å². The minimum Gasteiger partial charge on any atom is -0.322 e. The normalized spacial score (nSPS) is 27.4. The lowest BCUT2D eigenvalue weighted by molar-refractivity contribution is -0.136. The van der Waals surface area contributed by atoms with Gasteiger partial charge in [0, 0.05) is 25.1 Å². The van der Waals surface area contributed by atoms with Gasteiger partial charge >= 0.3 is 0 Å². The average Bonchev–Trinajstić information content (AvgIpc) is 2.92. The second kappa shape index (κ2) is 6.26. The molecule has 1 aromatic carbocycles. The molecule has 3 amide bonds. The molecule has 6 heteroatoms. The molecular formula is C19H23N3O3. The van der Waals surface area contributed by atoms with Gasteiger partial charge in [-0.3, -0.25) is 19.7 Å². The van der Waals surface area contributed by atoms with Crippen LogP contribution >= 0.6 is 0 Å². The van der Waals surface area contributed by atoms with Crippen molar-refractivity contribution in [2.45, 2.75) is 44.2 Å². The van der Waals surface area contributed by atoms with Crippen molar-refractivity contribution < 1.29 is 14.4 Å². The maximum Gasteiger partial charge on any atom is 0.255 e. The van der Waals surface area contributed by atoms with E-state index in [0.717, 1.165) is 37.1 Å². The monoisotopic (exact) mass is 341 g/mol. The number of carbonyl (C=O) groups is 3. The first-order valence-corrected chi connectivity index (χ1v) is 8.99. The molecule has 2 fully saturated rings.